The van der Waals surface area contributed by atoms with Gasteiger partial charge in [0.25, 0.3) is 0 Å². The quantitative estimate of drug-likeness (QED) is 0.321. The molecule has 12 heteroatoms. The number of amides is 3. The van der Waals surface area contributed by atoms with E-state index in [9.17, 15) is 36.3 Å². The first-order valence-electron chi connectivity index (χ1n) is 8.76. The lowest BCUT2D eigenvalue weighted by atomic mass is 9.89. The lowest BCUT2D eigenvalue weighted by molar-refractivity contribution is -0.148. The van der Waals surface area contributed by atoms with Crippen molar-refractivity contribution in [1.82, 2.24) is 4.90 Å². The van der Waals surface area contributed by atoms with Crippen LogP contribution in [0.15, 0.2) is 17.1 Å². The van der Waals surface area contributed by atoms with Gasteiger partial charge in [-0.05, 0) is 38.8 Å². The van der Waals surface area contributed by atoms with E-state index in [0.29, 0.717) is 6.92 Å². The van der Waals surface area contributed by atoms with Crippen LogP contribution in [0, 0.1) is 17.6 Å². The van der Waals surface area contributed by atoms with Gasteiger partial charge < -0.3 is 10.2 Å². The molecule has 1 aromatic carbocycles. The van der Waals surface area contributed by atoms with Gasteiger partial charge in [-0.25, -0.2) is 13.8 Å². The summed E-state index contributed by atoms with van der Waals surface area (Å²) in [5, 5.41) is 1.45. The molecule has 6 nitrogen and oxygen atoms in total. The molecular weight excluding hydrogens is 437 g/mol. The molecule has 1 aliphatic heterocycles. The second-order valence-corrected chi connectivity index (χ2v) is 7.08. The number of halogens is 6. The number of anilines is 1. The van der Waals surface area contributed by atoms with Crippen LogP contribution in [0.1, 0.15) is 26.7 Å². The first kappa shape index (κ1) is 23.7. The number of aliphatic imine (C=N–C) groups is 1. The van der Waals surface area contributed by atoms with E-state index < -0.39 is 58.2 Å². The van der Waals surface area contributed by atoms with Gasteiger partial charge in [0.05, 0.1) is 11.6 Å². The number of rotatable bonds is 2. The largest absolute Gasteiger partial charge is 0.429 e. The van der Waals surface area contributed by atoms with Gasteiger partial charge in [-0.3, -0.25) is 14.4 Å². The number of alkyl halides is 3. The van der Waals surface area contributed by atoms with Gasteiger partial charge in [0.2, 0.25) is 5.91 Å². The third-order valence-corrected chi connectivity index (χ3v) is 5.09. The second-order valence-electron chi connectivity index (χ2n) is 6.70. The van der Waals surface area contributed by atoms with E-state index in [0.717, 1.165) is 17.0 Å². The fourth-order valence-electron chi connectivity index (χ4n) is 3.01. The fraction of sp³-hybridized carbons (Fsp3) is 0.444. The van der Waals surface area contributed by atoms with Crippen LogP contribution < -0.4 is 5.32 Å². The fourth-order valence-corrected chi connectivity index (χ4v) is 3.18. The molecule has 0 aromatic heterocycles. The average molecular weight is 454 g/mol. The van der Waals surface area contributed by atoms with Crippen molar-refractivity contribution in [3.05, 3.63) is 28.8 Å². The van der Waals surface area contributed by atoms with Gasteiger partial charge >= 0.3 is 18.0 Å². The van der Waals surface area contributed by atoms with Crippen molar-refractivity contribution in [3.63, 3.8) is 0 Å². The van der Waals surface area contributed by atoms with Crippen molar-refractivity contribution in [1.29, 1.82) is 0 Å². The second kappa shape index (κ2) is 9.07. The molecule has 0 spiro atoms. The van der Waals surface area contributed by atoms with E-state index in [-0.39, 0.29) is 25.1 Å². The highest BCUT2D eigenvalue weighted by Gasteiger charge is 2.39. The molecule has 2 rings (SSSR count). The Balaban J connectivity index is 2.15. The SMILES string of the molecule is C/C(=N/C(=O)C(=O)N1CCCC(C(=O)Nc2ccc(F)c(Cl)c2F)C1C)C(F)(F)F. The van der Waals surface area contributed by atoms with E-state index in [1.165, 1.54) is 6.92 Å². The summed E-state index contributed by atoms with van der Waals surface area (Å²) in [5.74, 6) is -6.68. The summed E-state index contributed by atoms with van der Waals surface area (Å²) in [4.78, 5) is 40.4. The highest BCUT2D eigenvalue weighted by molar-refractivity contribution is 6.37. The van der Waals surface area contributed by atoms with Crippen LogP contribution in [0.5, 0.6) is 0 Å². The van der Waals surface area contributed by atoms with E-state index in [4.69, 9.17) is 11.6 Å². The number of carbonyl (C=O) groups is 3. The monoisotopic (exact) mass is 453 g/mol. The van der Waals surface area contributed by atoms with E-state index in [1.54, 1.807) is 0 Å². The van der Waals surface area contributed by atoms with Gasteiger partial charge in [0.15, 0.2) is 5.82 Å². The topological polar surface area (TPSA) is 78.8 Å². The third-order valence-electron chi connectivity index (χ3n) is 4.74. The Hall–Kier alpha value is -2.56. The minimum Gasteiger partial charge on any atom is -0.331 e. The van der Waals surface area contributed by atoms with Crippen LogP contribution in [-0.4, -0.2) is 47.1 Å². The molecule has 0 radical (unpaired) electrons. The van der Waals surface area contributed by atoms with Crippen LogP contribution in [0.25, 0.3) is 0 Å². The van der Waals surface area contributed by atoms with Crippen molar-refractivity contribution < 1.29 is 36.3 Å². The molecule has 1 saturated heterocycles. The van der Waals surface area contributed by atoms with Crippen LogP contribution >= 0.6 is 11.6 Å². The Morgan fingerprint density at radius 3 is 2.47 bits per heavy atom. The van der Waals surface area contributed by atoms with Crippen LogP contribution in [-0.2, 0) is 14.4 Å². The van der Waals surface area contributed by atoms with Gasteiger partial charge in [0, 0.05) is 12.6 Å². The standard InChI is InChI=1S/C18H17ClF5N3O3/c1-8-10(15(28)26-12-6-5-11(20)13(19)14(12)21)4-3-7-27(8)17(30)16(29)25-9(2)18(22,23)24/h5-6,8,10H,3-4,7H2,1-2H3,(H,26,28)/b25-9-. The molecule has 2 unspecified atom stereocenters. The number of hydrogen-bond donors (Lipinski definition) is 1. The molecule has 0 bridgehead atoms. The molecule has 1 N–H and O–H groups in total. The van der Waals surface area contributed by atoms with Crippen molar-refractivity contribution in [2.75, 3.05) is 11.9 Å². The number of nitrogens with one attached hydrogen (secondary N) is 1. The molecule has 164 valence electrons. The molecule has 1 heterocycles. The molecule has 2 atom stereocenters. The summed E-state index contributed by atoms with van der Waals surface area (Å²) in [5.41, 5.74) is -1.84. The van der Waals surface area contributed by atoms with Gasteiger partial charge in [0.1, 0.15) is 16.6 Å². The summed E-state index contributed by atoms with van der Waals surface area (Å²) in [6, 6.07) is 0.958. The number of benzene rings is 1. The van der Waals surface area contributed by atoms with E-state index in [2.05, 4.69) is 10.3 Å². The molecule has 0 saturated carbocycles. The van der Waals surface area contributed by atoms with E-state index in [1.807, 2.05) is 0 Å². The van der Waals surface area contributed by atoms with Crippen LogP contribution in [0.3, 0.4) is 0 Å². The van der Waals surface area contributed by atoms with Gasteiger partial charge in [-0.1, -0.05) is 11.6 Å². The minimum absolute atomic E-state index is 0.0346. The van der Waals surface area contributed by atoms with Crippen molar-refractivity contribution in [2.24, 2.45) is 10.9 Å². The maximum absolute atomic E-state index is 14.0. The van der Waals surface area contributed by atoms with Crippen molar-refractivity contribution in [2.45, 2.75) is 38.9 Å². The lowest BCUT2D eigenvalue weighted by Gasteiger charge is -2.37. The number of piperidine rings is 1. The molecule has 1 aliphatic rings. The third kappa shape index (κ3) is 5.13. The van der Waals surface area contributed by atoms with Crippen LogP contribution in [0.2, 0.25) is 5.02 Å². The minimum atomic E-state index is -4.85. The number of nitrogens with zero attached hydrogens (tertiary/aromatic N) is 2. The van der Waals surface area contributed by atoms with Crippen molar-refractivity contribution >= 4 is 40.7 Å². The number of likely N-dealkylation sites (tertiary alicyclic amines) is 1. The zero-order chi connectivity index (χ0) is 22.8. The number of carbonyl (C=O) groups excluding carboxylic acids is 3. The maximum atomic E-state index is 14.0. The predicted molar refractivity (Wildman–Crippen MR) is 98.1 cm³/mol. The Labute approximate surface area is 173 Å². The summed E-state index contributed by atoms with van der Waals surface area (Å²) in [6.07, 6.45) is -4.31. The Morgan fingerprint density at radius 1 is 1.23 bits per heavy atom. The molecule has 0 aliphatic carbocycles. The van der Waals surface area contributed by atoms with Crippen molar-refractivity contribution in [3.8, 4) is 0 Å². The molecule has 3 amide bonds. The average Bonchev–Trinajstić information content (AvgIpc) is 2.67. The number of hydrogen-bond acceptors (Lipinski definition) is 3. The molecule has 30 heavy (non-hydrogen) atoms. The Kier molecular flexibility index (Phi) is 7.17. The van der Waals surface area contributed by atoms with Gasteiger partial charge in [-0.15, -0.1) is 0 Å². The highest BCUT2D eigenvalue weighted by atomic mass is 35.5. The van der Waals surface area contributed by atoms with E-state index >= 15 is 0 Å². The summed E-state index contributed by atoms with van der Waals surface area (Å²) < 4.78 is 64.8. The predicted octanol–water partition coefficient (Wildman–Crippen LogP) is 3.73. The summed E-state index contributed by atoms with van der Waals surface area (Å²) >= 11 is 5.47. The summed E-state index contributed by atoms with van der Waals surface area (Å²) in [7, 11) is 0. The summed E-state index contributed by atoms with van der Waals surface area (Å²) in [6.45, 7) is 2.03. The Bertz CT molecular complexity index is 904. The normalized spacial score (nSPS) is 20.1. The highest BCUT2D eigenvalue weighted by Crippen LogP contribution is 2.29. The molecular formula is C18H17ClF5N3O3. The zero-order valence-corrected chi connectivity index (χ0v) is 16.6. The molecule has 1 aromatic rings. The Morgan fingerprint density at radius 2 is 1.87 bits per heavy atom. The maximum Gasteiger partial charge on any atom is 0.429 e. The lowest BCUT2D eigenvalue weighted by Crippen LogP contribution is -2.52. The van der Waals surface area contributed by atoms with Crippen LogP contribution in [0.4, 0.5) is 27.6 Å². The zero-order valence-electron chi connectivity index (χ0n) is 15.8. The smallest absolute Gasteiger partial charge is 0.331 e. The first-order valence-corrected chi connectivity index (χ1v) is 9.14. The molecule has 1 fully saturated rings. The first-order chi connectivity index (χ1) is 13.8. The van der Waals surface area contributed by atoms with Gasteiger partial charge in [-0.2, -0.15) is 13.2 Å².